The van der Waals surface area contributed by atoms with E-state index >= 15 is 0 Å². The van der Waals surface area contributed by atoms with Gasteiger partial charge in [-0.2, -0.15) is 0 Å². The second kappa shape index (κ2) is 5.65. The second-order valence-electron chi connectivity index (χ2n) is 5.19. The first-order valence-corrected chi connectivity index (χ1v) is 7.54. The number of nitrogens with one attached hydrogen (secondary N) is 1. The molecule has 3 rings (SSSR count). The molecule has 112 valence electrons. The number of carbonyl (C=O) groups is 2. The zero-order valence-electron chi connectivity index (χ0n) is 11.2. The molecule has 3 atom stereocenters. The van der Waals surface area contributed by atoms with Crippen LogP contribution in [0.4, 0.5) is 4.79 Å². The molecule has 1 aromatic rings. The van der Waals surface area contributed by atoms with Crippen LogP contribution >= 0.6 is 15.9 Å². The highest BCUT2D eigenvalue weighted by Gasteiger charge is 2.41. The maximum absolute atomic E-state index is 12.0. The average molecular weight is 355 g/mol. The number of amides is 2. The molecule has 2 heterocycles. The molecule has 0 radical (unpaired) electrons. The summed E-state index contributed by atoms with van der Waals surface area (Å²) in [6.07, 6.45) is -1.11. The van der Waals surface area contributed by atoms with E-state index in [4.69, 9.17) is 4.74 Å². The Morgan fingerprint density at radius 3 is 2.67 bits per heavy atom. The van der Waals surface area contributed by atoms with Gasteiger partial charge in [0.2, 0.25) is 5.91 Å². The van der Waals surface area contributed by atoms with Gasteiger partial charge in [0.15, 0.2) is 0 Å². The number of cyclic esters (lactones) is 1. The van der Waals surface area contributed by atoms with Gasteiger partial charge in [-0.05, 0) is 24.1 Å². The number of carbonyl (C=O) groups excluding carboxylic acids is 2. The maximum atomic E-state index is 12.0. The van der Waals surface area contributed by atoms with Crippen LogP contribution in [-0.2, 0) is 9.53 Å². The number of aliphatic hydroxyl groups excluding tert-OH is 1. The maximum Gasteiger partial charge on any atom is 0.410 e. The molecule has 2 amide bonds. The molecule has 0 saturated carbocycles. The van der Waals surface area contributed by atoms with Crippen molar-refractivity contribution in [1.29, 1.82) is 0 Å². The van der Waals surface area contributed by atoms with E-state index in [0.29, 0.717) is 19.4 Å². The van der Waals surface area contributed by atoms with Gasteiger partial charge in [0.1, 0.15) is 12.3 Å². The number of hydrogen-bond donors (Lipinski definition) is 2. The van der Waals surface area contributed by atoms with Gasteiger partial charge in [-0.3, -0.25) is 9.69 Å². The van der Waals surface area contributed by atoms with E-state index in [1.165, 1.54) is 4.90 Å². The van der Waals surface area contributed by atoms with Gasteiger partial charge < -0.3 is 15.2 Å². The predicted molar refractivity (Wildman–Crippen MR) is 77.2 cm³/mol. The van der Waals surface area contributed by atoms with E-state index in [9.17, 15) is 14.7 Å². The molecule has 0 aromatic heterocycles. The van der Waals surface area contributed by atoms with Gasteiger partial charge in [-0.15, -0.1) is 0 Å². The number of piperidine rings is 1. The third kappa shape index (κ3) is 2.89. The van der Waals surface area contributed by atoms with Gasteiger partial charge in [0.25, 0.3) is 0 Å². The number of benzene rings is 1. The molecule has 2 aliphatic heterocycles. The van der Waals surface area contributed by atoms with Crippen LogP contribution in [0.5, 0.6) is 0 Å². The largest absolute Gasteiger partial charge is 0.439 e. The standard InChI is InChI=1S/C14H15BrN2O4/c15-9-3-1-8(2-4-9)11-7-17(14(20)21-11)10-5-6-12(18)16-13(10)19/h1-4,10-11,13,19H,5-7H2,(H,16,18)/t10-,11-,13?/m1/s1. The molecule has 1 aromatic carbocycles. The van der Waals surface area contributed by atoms with E-state index in [1.54, 1.807) is 0 Å². The Morgan fingerprint density at radius 1 is 1.29 bits per heavy atom. The van der Waals surface area contributed by atoms with Crippen LogP contribution in [0.25, 0.3) is 0 Å². The molecule has 7 heteroatoms. The number of nitrogens with zero attached hydrogens (tertiary/aromatic N) is 1. The Morgan fingerprint density at radius 2 is 2.00 bits per heavy atom. The lowest BCUT2D eigenvalue weighted by atomic mass is 10.0. The quantitative estimate of drug-likeness (QED) is 0.844. The smallest absolute Gasteiger partial charge is 0.410 e. The molecule has 1 unspecified atom stereocenters. The molecule has 2 N–H and O–H groups in total. The fourth-order valence-electron chi connectivity index (χ4n) is 2.70. The van der Waals surface area contributed by atoms with Crippen molar-refractivity contribution in [1.82, 2.24) is 10.2 Å². The Kier molecular flexibility index (Phi) is 3.86. The molecule has 0 spiro atoms. The van der Waals surface area contributed by atoms with Gasteiger partial charge in [-0.1, -0.05) is 28.1 Å². The minimum absolute atomic E-state index is 0.198. The highest BCUT2D eigenvalue weighted by atomic mass is 79.9. The van der Waals surface area contributed by atoms with Crippen LogP contribution in [0.1, 0.15) is 24.5 Å². The van der Waals surface area contributed by atoms with Crippen LogP contribution in [0.15, 0.2) is 28.7 Å². The minimum Gasteiger partial charge on any atom is -0.439 e. The van der Waals surface area contributed by atoms with Crippen LogP contribution < -0.4 is 5.32 Å². The van der Waals surface area contributed by atoms with E-state index in [-0.39, 0.29) is 12.0 Å². The lowest BCUT2D eigenvalue weighted by Gasteiger charge is -2.33. The molecular formula is C14H15BrN2O4. The van der Waals surface area contributed by atoms with Crippen LogP contribution in [-0.4, -0.2) is 40.8 Å². The van der Waals surface area contributed by atoms with Gasteiger partial charge in [-0.25, -0.2) is 4.79 Å². The number of rotatable bonds is 2. The van der Waals surface area contributed by atoms with Crippen molar-refractivity contribution in [3.63, 3.8) is 0 Å². The molecule has 0 bridgehead atoms. The summed E-state index contributed by atoms with van der Waals surface area (Å²) in [5.74, 6) is -0.198. The molecule has 2 fully saturated rings. The predicted octanol–water partition coefficient (Wildman–Crippen LogP) is 1.54. The number of hydrogen-bond acceptors (Lipinski definition) is 4. The molecule has 2 saturated heterocycles. The summed E-state index contributed by atoms with van der Waals surface area (Å²) >= 11 is 3.36. The van der Waals surface area contributed by atoms with E-state index in [1.807, 2.05) is 24.3 Å². The summed E-state index contributed by atoms with van der Waals surface area (Å²) in [7, 11) is 0. The Bertz CT molecular complexity index is 563. The Balaban J connectivity index is 1.72. The molecular weight excluding hydrogens is 340 g/mol. The number of ether oxygens (including phenoxy) is 1. The van der Waals surface area contributed by atoms with Crippen LogP contribution in [0.2, 0.25) is 0 Å². The fraction of sp³-hybridized carbons (Fsp3) is 0.429. The molecule has 6 nitrogen and oxygen atoms in total. The number of aliphatic hydroxyl groups is 1. The third-order valence-electron chi connectivity index (χ3n) is 3.82. The second-order valence-corrected chi connectivity index (χ2v) is 6.11. The summed E-state index contributed by atoms with van der Waals surface area (Å²) in [5, 5.41) is 12.4. The van der Waals surface area contributed by atoms with E-state index < -0.39 is 18.4 Å². The van der Waals surface area contributed by atoms with Crippen molar-refractivity contribution >= 4 is 27.9 Å². The van der Waals surface area contributed by atoms with Crippen LogP contribution in [0, 0.1) is 0 Å². The summed E-state index contributed by atoms with van der Waals surface area (Å²) in [6.45, 7) is 0.373. The lowest BCUT2D eigenvalue weighted by Crippen LogP contribution is -2.55. The van der Waals surface area contributed by atoms with Crippen molar-refractivity contribution in [2.45, 2.75) is 31.2 Å². The molecule has 21 heavy (non-hydrogen) atoms. The SMILES string of the molecule is O=C1CC[C@@H](N2C[C@H](c3ccc(Br)cc3)OC2=O)C(O)N1. The highest BCUT2D eigenvalue weighted by molar-refractivity contribution is 9.10. The Labute approximate surface area is 130 Å². The first kappa shape index (κ1) is 14.3. The van der Waals surface area contributed by atoms with Crippen molar-refractivity contribution in [2.75, 3.05) is 6.54 Å². The summed E-state index contributed by atoms with van der Waals surface area (Å²) in [4.78, 5) is 24.7. The van der Waals surface area contributed by atoms with Gasteiger partial charge in [0, 0.05) is 10.9 Å². The zero-order chi connectivity index (χ0) is 15.0. The summed E-state index contributed by atoms with van der Waals surface area (Å²) in [5.41, 5.74) is 0.906. The van der Waals surface area contributed by atoms with Gasteiger partial charge in [0.05, 0.1) is 12.6 Å². The third-order valence-corrected chi connectivity index (χ3v) is 4.35. The highest BCUT2D eigenvalue weighted by Crippen LogP contribution is 2.30. The Hall–Kier alpha value is -1.60. The van der Waals surface area contributed by atoms with Crippen molar-refractivity contribution < 1.29 is 19.4 Å². The first-order valence-electron chi connectivity index (χ1n) is 6.75. The van der Waals surface area contributed by atoms with Crippen molar-refractivity contribution in [2.24, 2.45) is 0 Å². The van der Waals surface area contributed by atoms with Crippen LogP contribution in [0.3, 0.4) is 0 Å². The number of halogens is 1. The topological polar surface area (TPSA) is 78.9 Å². The minimum atomic E-state index is -1.04. The van der Waals surface area contributed by atoms with Crippen molar-refractivity contribution in [3.05, 3.63) is 34.3 Å². The summed E-state index contributed by atoms with van der Waals surface area (Å²) in [6, 6.07) is 7.13. The summed E-state index contributed by atoms with van der Waals surface area (Å²) < 4.78 is 6.33. The molecule has 2 aliphatic rings. The fourth-order valence-corrected chi connectivity index (χ4v) is 2.96. The normalized spacial score (nSPS) is 29.2. The van der Waals surface area contributed by atoms with E-state index in [0.717, 1.165) is 10.0 Å². The zero-order valence-corrected chi connectivity index (χ0v) is 12.7. The molecule has 0 aliphatic carbocycles. The van der Waals surface area contributed by atoms with E-state index in [2.05, 4.69) is 21.2 Å². The van der Waals surface area contributed by atoms with Crippen molar-refractivity contribution in [3.8, 4) is 0 Å². The lowest BCUT2D eigenvalue weighted by molar-refractivity contribution is -0.129. The van der Waals surface area contributed by atoms with Gasteiger partial charge >= 0.3 is 6.09 Å². The first-order chi connectivity index (χ1) is 10.0. The average Bonchev–Trinajstić information content (AvgIpc) is 2.81. The monoisotopic (exact) mass is 354 g/mol.